The number of anilines is 1. The summed E-state index contributed by atoms with van der Waals surface area (Å²) in [6.45, 7) is 2.86. The van der Waals surface area contributed by atoms with Crippen LogP contribution in [0.1, 0.15) is 48.9 Å². The van der Waals surface area contributed by atoms with E-state index in [0.29, 0.717) is 17.4 Å². The van der Waals surface area contributed by atoms with E-state index in [-0.39, 0.29) is 24.0 Å². The standard InChI is InChI=1S/C16H21N3O3S/c1-2-3-4-5-8-17-14(20)10-12-11-23-16(18-12)19-15(21)13-7-6-9-22-13/h6-7,9,11H,2-5,8,10H2,1H3,(H,17,20)(H,18,19,21). The first-order chi connectivity index (χ1) is 11.2. The minimum atomic E-state index is -0.351. The molecule has 0 bridgehead atoms. The molecule has 0 unspecified atom stereocenters. The minimum Gasteiger partial charge on any atom is -0.459 e. The van der Waals surface area contributed by atoms with Crippen LogP contribution in [0.25, 0.3) is 0 Å². The molecule has 0 saturated carbocycles. The number of hydrogen-bond acceptors (Lipinski definition) is 5. The molecule has 2 N–H and O–H groups in total. The van der Waals surface area contributed by atoms with Crippen molar-refractivity contribution in [2.75, 3.05) is 11.9 Å². The molecular weight excluding hydrogens is 314 g/mol. The molecule has 23 heavy (non-hydrogen) atoms. The van der Waals surface area contributed by atoms with Crippen molar-refractivity contribution in [2.24, 2.45) is 0 Å². The fourth-order valence-corrected chi connectivity index (χ4v) is 2.72. The molecule has 0 atom stereocenters. The first-order valence-corrected chi connectivity index (χ1v) is 8.63. The van der Waals surface area contributed by atoms with Crippen LogP contribution in [-0.4, -0.2) is 23.3 Å². The third kappa shape index (κ3) is 5.86. The molecule has 0 aliphatic rings. The molecule has 124 valence electrons. The summed E-state index contributed by atoms with van der Waals surface area (Å²) in [5.41, 5.74) is 0.649. The monoisotopic (exact) mass is 335 g/mol. The first-order valence-electron chi connectivity index (χ1n) is 7.75. The lowest BCUT2D eigenvalue weighted by atomic mass is 10.2. The smallest absolute Gasteiger partial charge is 0.293 e. The predicted octanol–water partition coefficient (Wildman–Crippen LogP) is 3.23. The molecule has 0 aromatic carbocycles. The molecule has 2 aromatic heterocycles. The average molecular weight is 335 g/mol. The van der Waals surface area contributed by atoms with Gasteiger partial charge in [-0.2, -0.15) is 0 Å². The third-order valence-corrected chi connectivity index (χ3v) is 4.02. The minimum absolute atomic E-state index is 0.0456. The van der Waals surface area contributed by atoms with E-state index in [9.17, 15) is 9.59 Å². The van der Waals surface area contributed by atoms with E-state index in [1.54, 1.807) is 17.5 Å². The third-order valence-electron chi connectivity index (χ3n) is 3.21. The highest BCUT2D eigenvalue weighted by molar-refractivity contribution is 7.14. The number of rotatable bonds is 9. The maximum Gasteiger partial charge on any atom is 0.293 e. The van der Waals surface area contributed by atoms with Crippen LogP contribution >= 0.6 is 11.3 Å². The van der Waals surface area contributed by atoms with Crippen LogP contribution < -0.4 is 10.6 Å². The van der Waals surface area contributed by atoms with Gasteiger partial charge >= 0.3 is 0 Å². The number of unbranched alkanes of at least 4 members (excludes halogenated alkanes) is 3. The maximum absolute atomic E-state index is 11.8. The highest BCUT2D eigenvalue weighted by atomic mass is 32.1. The van der Waals surface area contributed by atoms with E-state index < -0.39 is 0 Å². The van der Waals surface area contributed by atoms with E-state index in [4.69, 9.17) is 4.42 Å². The summed E-state index contributed by atoms with van der Waals surface area (Å²) in [5, 5.41) is 7.76. The van der Waals surface area contributed by atoms with Crippen molar-refractivity contribution in [1.82, 2.24) is 10.3 Å². The van der Waals surface area contributed by atoms with Gasteiger partial charge in [0, 0.05) is 11.9 Å². The first kappa shape index (κ1) is 17.2. The van der Waals surface area contributed by atoms with Crippen molar-refractivity contribution in [2.45, 2.75) is 39.0 Å². The van der Waals surface area contributed by atoms with Crippen molar-refractivity contribution in [3.05, 3.63) is 35.2 Å². The van der Waals surface area contributed by atoms with Gasteiger partial charge in [0.25, 0.3) is 5.91 Å². The topological polar surface area (TPSA) is 84.2 Å². The van der Waals surface area contributed by atoms with Crippen molar-refractivity contribution < 1.29 is 14.0 Å². The molecule has 2 rings (SSSR count). The van der Waals surface area contributed by atoms with Crippen molar-refractivity contribution >= 4 is 28.3 Å². The summed E-state index contributed by atoms with van der Waals surface area (Å²) in [7, 11) is 0. The molecule has 0 spiro atoms. The quantitative estimate of drug-likeness (QED) is 0.689. The molecule has 0 radical (unpaired) electrons. The Hall–Kier alpha value is -2.15. The van der Waals surface area contributed by atoms with E-state index in [1.165, 1.54) is 30.4 Å². The largest absolute Gasteiger partial charge is 0.459 e. The number of thiazole rings is 1. The fraction of sp³-hybridized carbons (Fsp3) is 0.438. The molecule has 7 heteroatoms. The van der Waals surface area contributed by atoms with Crippen LogP contribution in [0.5, 0.6) is 0 Å². The number of carbonyl (C=O) groups excluding carboxylic acids is 2. The molecule has 0 saturated heterocycles. The molecule has 2 aromatic rings. The molecular formula is C16H21N3O3S. The number of furan rings is 1. The van der Waals surface area contributed by atoms with Crippen molar-refractivity contribution in [3.8, 4) is 0 Å². The Kier molecular flexibility index (Phi) is 6.80. The Morgan fingerprint density at radius 1 is 1.30 bits per heavy atom. The molecule has 0 aliphatic carbocycles. The van der Waals surface area contributed by atoms with Gasteiger partial charge < -0.3 is 9.73 Å². The van der Waals surface area contributed by atoms with Crippen molar-refractivity contribution in [3.63, 3.8) is 0 Å². The lowest BCUT2D eigenvalue weighted by Crippen LogP contribution is -2.26. The zero-order chi connectivity index (χ0) is 16.5. The maximum atomic E-state index is 11.8. The van der Waals surface area contributed by atoms with Gasteiger partial charge in [-0.25, -0.2) is 4.98 Å². The van der Waals surface area contributed by atoms with Gasteiger partial charge in [-0.1, -0.05) is 26.2 Å². The van der Waals surface area contributed by atoms with Gasteiger partial charge in [0.1, 0.15) is 0 Å². The van der Waals surface area contributed by atoms with Crippen molar-refractivity contribution in [1.29, 1.82) is 0 Å². The summed E-state index contributed by atoms with van der Waals surface area (Å²) in [4.78, 5) is 27.9. The van der Waals surface area contributed by atoms with E-state index in [1.807, 2.05) is 0 Å². The Morgan fingerprint density at radius 2 is 2.17 bits per heavy atom. The second kappa shape index (κ2) is 9.09. The number of nitrogens with zero attached hydrogens (tertiary/aromatic N) is 1. The fourth-order valence-electron chi connectivity index (χ4n) is 2.02. The van der Waals surface area contributed by atoms with E-state index >= 15 is 0 Å². The molecule has 0 aliphatic heterocycles. The van der Waals surface area contributed by atoms with Gasteiger partial charge in [-0.05, 0) is 18.6 Å². The highest BCUT2D eigenvalue weighted by Gasteiger charge is 2.12. The van der Waals surface area contributed by atoms with Crippen LogP contribution in [0, 0.1) is 0 Å². The zero-order valence-corrected chi connectivity index (χ0v) is 13.9. The summed E-state index contributed by atoms with van der Waals surface area (Å²) >= 11 is 1.29. The van der Waals surface area contributed by atoms with E-state index in [2.05, 4.69) is 22.5 Å². The summed E-state index contributed by atoms with van der Waals surface area (Å²) in [5.74, 6) is -0.168. The van der Waals surface area contributed by atoms with Crippen LogP contribution in [0.3, 0.4) is 0 Å². The number of hydrogen-bond donors (Lipinski definition) is 2. The predicted molar refractivity (Wildman–Crippen MR) is 89.6 cm³/mol. The van der Waals surface area contributed by atoms with Gasteiger partial charge in [-0.15, -0.1) is 11.3 Å². The number of aromatic nitrogens is 1. The number of nitrogens with one attached hydrogen (secondary N) is 2. The normalized spacial score (nSPS) is 10.5. The van der Waals surface area contributed by atoms with Crippen LogP contribution in [0.2, 0.25) is 0 Å². The van der Waals surface area contributed by atoms with Crippen LogP contribution in [0.15, 0.2) is 28.2 Å². The van der Waals surface area contributed by atoms with E-state index in [0.717, 1.165) is 12.8 Å². The van der Waals surface area contributed by atoms with Gasteiger partial charge in [0.2, 0.25) is 5.91 Å². The molecule has 2 heterocycles. The second-order valence-corrected chi connectivity index (χ2v) is 6.02. The Balaban J connectivity index is 1.74. The van der Waals surface area contributed by atoms with Crippen LogP contribution in [-0.2, 0) is 11.2 Å². The van der Waals surface area contributed by atoms with Gasteiger partial charge in [0.05, 0.1) is 18.4 Å². The van der Waals surface area contributed by atoms with Gasteiger partial charge in [-0.3, -0.25) is 14.9 Å². The lowest BCUT2D eigenvalue weighted by molar-refractivity contribution is -0.120. The number of amides is 2. The van der Waals surface area contributed by atoms with Crippen LogP contribution in [0.4, 0.5) is 5.13 Å². The summed E-state index contributed by atoms with van der Waals surface area (Å²) in [6.07, 6.45) is 6.17. The SMILES string of the molecule is CCCCCCNC(=O)Cc1csc(NC(=O)c2ccco2)n1. The highest BCUT2D eigenvalue weighted by Crippen LogP contribution is 2.17. The number of carbonyl (C=O) groups is 2. The summed E-state index contributed by atoms with van der Waals surface area (Å²) < 4.78 is 5.01. The Morgan fingerprint density at radius 3 is 2.91 bits per heavy atom. The second-order valence-electron chi connectivity index (χ2n) is 5.16. The lowest BCUT2D eigenvalue weighted by Gasteiger charge is -2.03. The molecule has 2 amide bonds. The Bertz CT molecular complexity index is 622. The average Bonchev–Trinajstić information content (AvgIpc) is 3.19. The molecule has 6 nitrogen and oxygen atoms in total. The zero-order valence-electron chi connectivity index (χ0n) is 13.1. The van der Waals surface area contributed by atoms with Gasteiger partial charge in [0.15, 0.2) is 10.9 Å². The summed E-state index contributed by atoms with van der Waals surface area (Å²) in [6, 6.07) is 3.23. The molecule has 0 fully saturated rings. The Labute approximate surface area is 139 Å².